The van der Waals surface area contributed by atoms with E-state index in [1.54, 1.807) is 12.4 Å². The number of piperidine rings is 1. The Bertz CT molecular complexity index is 672. The van der Waals surface area contributed by atoms with Crippen LogP contribution in [0.15, 0.2) is 36.8 Å². The molecule has 1 N–H and O–H groups in total. The Kier molecular flexibility index (Phi) is 6.17. The van der Waals surface area contributed by atoms with Crippen LogP contribution >= 0.6 is 11.6 Å². The predicted octanol–water partition coefficient (Wildman–Crippen LogP) is 3.03. The number of carbonyl (C=O) groups excluding carboxylic acids is 1. The Morgan fingerprint density at radius 1 is 1.16 bits per heavy atom. The van der Waals surface area contributed by atoms with E-state index in [9.17, 15) is 4.79 Å². The van der Waals surface area contributed by atoms with Crippen molar-refractivity contribution in [2.45, 2.75) is 25.7 Å². The zero-order chi connectivity index (χ0) is 17.5. The summed E-state index contributed by atoms with van der Waals surface area (Å²) in [5.74, 6) is 2.54. The number of halogens is 1. The summed E-state index contributed by atoms with van der Waals surface area (Å²) in [7, 11) is 0. The number of carbonyl (C=O) groups is 1. The first-order chi connectivity index (χ1) is 12.2. The van der Waals surface area contributed by atoms with E-state index in [-0.39, 0.29) is 5.91 Å². The molecular weight excluding hydrogens is 338 g/mol. The van der Waals surface area contributed by atoms with Gasteiger partial charge in [-0.2, -0.15) is 0 Å². The molecule has 2 aromatic heterocycles. The van der Waals surface area contributed by atoms with E-state index in [1.807, 2.05) is 29.3 Å². The number of nitrogens with zero attached hydrogens (tertiary/aromatic N) is 4. The number of amides is 1. The van der Waals surface area contributed by atoms with Crippen LogP contribution in [0.4, 0.5) is 11.6 Å². The van der Waals surface area contributed by atoms with Crippen LogP contribution in [0.5, 0.6) is 0 Å². The topological polar surface area (TPSA) is 71.0 Å². The second-order valence-corrected chi connectivity index (χ2v) is 6.58. The Balaban J connectivity index is 1.48. The maximum atomic E-state index is 11.9. The van der Waals surface area contributed by atoms with Crippen LogP contribution in [0, 0.1) is 5.92 Å². The van der Waals surface area contributed by atoms with Gasteiger partial charge in [0.1, 0.15) is 11.6 Å². The summed E-state index contributed by atoms with van der Waals surface area (Å²) in [5.41, 5.74) is 0.983. The maximum absolute atomic E-state index is 11.9. The highest BCUT2D eigenvalue weighted by atomic mass is 35.5. The number of alkyl halides is 1. The van der Waals surface area contributed by atoms with Crippen molar-refractivity contribution in [2.75, 3.05) is 24.3 Å². The van der Waals surface area contributed by atoms with Crippen molar-refractivity contribution in [3.63, 3.8) is 0 Å². The molecular formula is C18H22ClN5O. The molecule has 25 heavy (non-hydrogen) atoms. The van der Waals surface area contributed by atoms with Gasteiger partial charge in [0.05, 0.1) is 18.1 Å². The average Bonchev–Trinajstić information content (AvgIpc) is 2.65. The van der Waals surface area contributed by atoms with Gasteiger partial charge in [0.2, 0.25) is 5.91 Å². The number of rotatable bonds is 6. The molecule has 0 radical (unpaired) electrons. The molecule has 0 aliphatic carbocycles. The molecule has 1 saturated heterocycles. The molecule has 2 aromatic rings. The SMILES string of the molecule is O=C(CCCl)N1CCC(Cc2cnc(Nc3ccccn3)cn2)CC1. The van der Waals surface area contributed by atoms with Gasteiger partial charge in [-0.15, -0.1) is 11.6 Å². The first kappa shape index (κ1) is 17.6. The smallest absolute Gasteiger partial charge is 0.223 e. The number of hydrogen-bond donors (Lipinski definition) is 1. The number of pyridine rings is 1. The van der Waals surface area contributed by atoms with Gasteiger partial charge in [-0.1, -0.05) is 6.07 Å². The number of aromatic nitrogens is 3. The Morgan fingerprint density at radius 3 is 2.64 bits per heavy atom. The molecule has 3 heterocycles. The van der Waals surface area contributed by atoms with E-state index >= 15 is 0 Å². The van der Waals surface area contributed by atoms with Gasteiger partial charge >= 0.3 is 0 Å². The summed E-state index contributed by atoms with van der Waals surface area (Å²) in [6, 6.07) is 5.67. The molecule has 132 valence electrons. The lowest BCUT2D eigenvalue weighted by molar-refractivity contribution is -0.132. The van der Waals surface area contributed by atoms with Crippen molar-refractivity contribution in [1.82, 2.24) is 19.9 Å². The monoisotopic (exact) mass is 359 g/mol. The summed E-state index contributed by atoms with van der Waals surface area (Å²) in [4.78, 5) is 26.9. The van der Waals surface area contributed by atoms with Crippen molar-refractivity contribution in [2.24, 2.45) is 5.92 Å². The molecule has 0 atom stereocenters. The highest BCUT2D eigenvalue weighted by Crippen LogP contribution is 2.21. The Morgan fingerprint density at radius 2 is 2.00 bits per heavy atom. The van der Waals surface area contributed by atoms with Crippen LogP contribution in [0.2, 0.25) is 0 Å². The number of hydrogen-bond acceptors (Lipinski definition) is 5. The fraction of sp³-hybridized carbons (Fsp3) is 0.444. The van der Waals surface area contributed by atoms with Gasteiger partial charge < -0.3 is 10.2 Å². The molecule has 1 amide bonds. The zero-order valence-corrected chi connectivity index (χ0v) is 14.8. The third-order valence-corrected chi connectivity index (χ3v) is 4.59. The van der Waals surface area contributed by atoms with Crippen LogP contribution in [0.3, 0.4) is 0 Å². The second kappa shape index (κ2) is 8.76. The Hall–Kier alpha value is -2.21. The number of likely N-dealkylation sites (tertiary alicyclic amines) is 1. The van der Waals surface area contributed by atoms with Crippen LogP contribution in [-0.4, -0.2) is 44.7 Å². The molecule has 7 heteroatoms. The van der Waals surface area contributed by atoms with E-state index in [0.29, 0.717) is 24.0 Å². The quantitative estimate of drug-likeness (QED) is 0.803. The predicted molar refractivity (Wildman–Crippen MR) is 97.9 cm³/mol. The molecule has 0 spiro atoms. The summed E-state index contributed by atoms with van der Waals surface area (Å²) >= 11 is 5.64. The van der Waals surface area contributed by atoms with Gasteiger partial charge in [-0.05, 0) is 37.3 Å². The minimum absolute atomic E-state index is 0.165. The van der Waals surface area contributed by atoms with Crippen LogP contribution in [0.25, 0.3) is 0 Å². The summed E-state index contributed by atoms with van der Waals surface area (Å²) in [6.45, 7) is 1.63. The molecule has 0 unspecified atom stereocenters. The van der Waals surface area contributed by atoms with Gasteiger partial charge in [0, 0.05) is 31.6 Å². The molecule has 1 aliphatic heterocycles. The van der Waals surface area contributed by atoms with Crippen molar-refractivity contribution >= 4 is 29.1 Å². The zero-order valence-electron chi connectivity index (χ0n) is 14.1. The lowest BCUT2D eigenvalue weighted by Gasteiger charge is -2.31. The standard InChI is InChI=1S/C18H22ClN5O/c19-7-4-18(25)24-9-5-14(6-10-24)11-15-12-22-17(13-21-15)23-16-3-1-2-8-20-16/h1-3,8,12-14H,4-7,9-11H2,(H,20,22,23). The normalized spacial score (nSPS) is 15.2. The lowest BCUT2D eigenvalue weighted by Crippen LogP contribution is -2.39. The van der Waals surface area contributed by atoms with E-state index in [4.69, 9.17) is 11.6 Å². The van der Waals surface area contributed by atoms with Crippen LogP contribution < -0.4 is 5.32 Å². The lowest BCUT2D eigenvalue weighted by atomic mass is 9.92. The number of nitrogens with one attached hydrogen (secondary N) is 1. The molecule has 3 rings (SSSR count). The van der Waals surface area contributed by atoms with E-state index in [2.05, 4.69) is 20.3 Å². The fourth-order valence-electron chi connectivity index (χ4n) is 3.01. The van der Waals surface area contributed by atoms with Crippen LogP contribution in [0.1, 0.15) is 25.0 Å². The fourth-order valence-corrected chi connectivity index (χ4v) is 3.18. The average molecular weight is 360 g/mol. The summed E-state index contributed by atoms with van der Waals surface area (Å²) in [5, 5.41) is 3.13. The van der Waals surface area contributed by atoms with Crippen molar-refractivity contribution in [3.8, 4) is 0 Å². The molecule has 0 aromatic carbocycles. The second-order valence-electron chi connectivity index (χ2n) is 6.20. The van der Waals surface area contributed by atoms with E-state index < -0.39 is 0 Å². The van der Waals surface area contributed by atoms with Crippen molar-refractivity contribution in [1.29, 1.82) is 0 Å². The van der Waals surface area contributed by atoms with Gasteiger partial charge in [0.15, 0.2) is 0 Å². The Labute approximate surface area is 152 Å². The highest BCUT2D eigenvalue weighted by Gasteiger charge is 2.22. The van der Waals surface area contributed by atoms with E-state index in [1.165, 1.54) is 0 Å². The van der Waals surface area contributed by atoms with E-state index in [0.717, 1.165) is 43.9 Å². The largest absolute Gasteiger partial charge is 0.343 e. The molecule has 0 saturated carbocycles. The summed E-state index contributed by atoms with van der Waals surface area (Å²) in [6.07, 6.45) is 8.62. The molecule has 6 nitrogen and oxygen atoms in total. The highest BCUT2D eigenvalue weighted by molar-refractivity contribution is 6.18. The molecule has 1 fully saturated rings. The summed E-state index contributed by atoms with van der Waals surface area (Å²) < 4.78 is 0. The van der Waals surface area contributed by atoms with Gasteiger partial charge in [0.25, 0.3) is 0 Å². The third kappa shape index (κ3) is 5.13. The minimum Gasteiger partial charge on any atom is -0.343 e. The maximum Gasteiger partial charge on any atom is 0.223 e. The van der Waals surface area contributed by atoms with Crippen molar-refractivity contribution in [3.05, 3.63) is 42.5 Å². The van der Waals surface area contributed by atoms with Gasteiger partial charge in [-0.25, -0.2) is 9.97 Å². The first-order valence-corrected chi connectivity index (χ1v) is 9.11. The third-order valence-electron chi connectivity index (χ3n) is 4.40. The first-order valence-electron chi connectivity index (χ1n) is 8.57. The van der Waals surface area contributed by atoms with Gasteiger partial charge in [-0.3, -0.25) is 9.78 Å². The van der Waals surface area contributed by atoms with Crippen molar-refractivity contribution < 1.29 is 4.79 Å². The molecule has 1 aliphatic rings. The van der Waals surface area contributed by atoms with Crippen LogP contribution in [-0.2, 0) is 11.2 Å². The minimum atomic E-state index is 0.165. The number of anilines is 2. The molecule has 0 bridgehead atoms.